The monoisotopic (exact) mass is 404 g/mol. The van der Waals surface area contributed by atoms with Crippen molar-refractivity contribution < 1.29 is 23.8 Å². The van der Waals surface area contributed by atoms with Crippen LogP contribution in [0.5, 0.6) is 0 Å². The second-order valence-electron chi connectivity index (χ2n) is 10.5. The van der Waals surface area contributed by atoms with Crippen molar-refractivity contribution in [3.8, 4) is 0 Å². The third-order valence-corrected chi connectivity index (χ3v) is 8.90. The molecule has 0 radical (unpaired) electrons. The SMILES string of the molecule is CC(C)OC(=O)[C@@]1(O)[C@H](C)CC2C3CCC4=CC(=O)C=CC4(C)[C@@]3(F)CCC21C. The highest BCUT2D eigenvalue weighted by atomic mass is 19.1. The molecule has 3 saturated carbocycles. The van der Waals surface area contributed by atoms with Crippen molar-refractivity contribution in [1.82, 2.24) is 0 Å². The molecule has 0 saturated heterocycles. The van der Waals surface area contributed by atoms with Gasteiger partial charge in [-0.15, -0.1) is 0 Å². The van der Waals surface area contributed by atoms with E-state index in [9.17, 15) is 14.7 Å². The lowest BCUT2D eigenvalue weighted by Crippen LogP contribution is -2.64. The molecule has 4 aliphatic rings. The molecule has 0 amide bonds. The molecular weight excluding hydrogens is 371 g/mol. The van der Waals surface area contributed by atoms with Crippen LogP contribution in [-0.2, 0) is 14.3 Å². The number of esters is 1. The van der Waals surface area contributed by atoms with Gasteiger partial charge in [0.1, 0.15) is 5.67 Å². The van der Waals surface area contributed by atoms with Crippen LogP contribution in [-0.4, -0.2) is 34.2 Å². The summed E-state index contributed by atoms with van der Waals surface area (Å²) in [5, 5.41) is 11.7. The summed E-state index contributed by atoms with van der Waals surface area (Å²) in [6.07, 6.45) is 7.17. The van der Waals surface area contributed by atoms with Gasteiger partial charge < -0.3 is 9.84 Å². The Morgan fingerprint density at radius 1 is 1.28 bits per heavy atom. The minimum atomic E-state index is -1.60. The van der Waals surface area contributed by atoms with Crippen LogP contribution in [0.15, 0.2) is 23.8 Å². The lowest BCUT2D eigenvalue weighted by atomic mass is 9.45. The van der Waals surface area contributed by atoms with Crippen LogP contribution in [0.2, 0.25) is 0 Å². The van der Waals surface area contributed by atoms with Gasteiger partial charge in [-0.1, -0.05) is 25.5 Å². The Kier molecular flexibility index (Phi) is 4.48. The molecule has 0 aromatic rings. The molecule has 0 aromatic heterocycles. The number of ether oxygens (including phenoxy) is 1. The first-order valence-corrected chi connectivity index (χ1v) is 11.0. The first kappa shape index (κ1) is 20.8. The molecular formula is C24H33FO4. The fourth-order valence-electron chi connectivity index (χ4n) is 7.17. The Morgan fingerprint density at radius 3 is 2.62 bits per heavy atom. The zero-order valence-electron chi connectivity index (χ0n) is 18.1. The van der Waals surface area contributed by atoms with Gasteiger partial charge in [0, 0.05) is 10.8 Å². The van der Waals surface area contributed by atoms with E-state index in [4.69, 9.17) is 4.74 Å². The quantitative estimate of drug-likeness (QED) is 0.697. The van der Waals surface area contributed by atoms with E-state index in [1.54, 1.807) is 26.0 Å². The van der Waals surface area contributed by atoms with Gasteiger partial charge in [0.25, 0.3) is 0 Å². The number of hydrogen-bond acceptors (Lipinski definition) is 4. The molecule has 4 nitrogen and oxygen atoms in total. The van der Waals surface area contributed by atoms with Gasteiger partial charge in [0.2, 0.25) is 0 Å². The van der Waals surface area contributed by atoms with Crippen molar-refractivity contribution in [3.05, 3.63) is 23.8 Å². The molecule has 4 rings (SSSR count). The van der Waals surface area contributed by atoms with E-state index in [-0.39, 0.29) is 36.1 Å². The van der Waals surface area contributed by atoms with Gasteiger partial charge in [-0.05, 0) is 82.8 Å². The van der Waals surface area contributed by atoms with Crippen molar-refractivity contribution in [1.29, 1.82) is 0 Å². The van der Waals surface area contributed by atoms with E-state index in [1.165, 1.54) is 6.08 Å². The lowest BCUT2D eigenvalue weighted by molar-refractivity contribution is -0.204. The lowest BCUT2D eigenvalue weighted by Gasteiger charge is -2.60. The van der Waals surface area contributed by atoms with E-state index in [2.05, 4.69) is 0 Å². The number of carbonyl (C=O) groups excluding carboxylic acids is 2. The van der Waals surface area contributed by atoms with Crippen LogP contribution >= 0.6 is 0 Å². The highest BCUT2D eigenvalue weighted by Crippen LogP contribution is 2.70. The van der Waals surface area contributed by atoms with Crippen molar-refractivity contribution in [3.63, 3.8) is 0 Å². The van der Waals surface area contributed by atoms with Crippen molar-refractivity contribution in [2.45, 2.75) is 84.1 Å². The predicted octanol–water partition coefficient (Wildman–Crippen LogP) is 4.32. The maximum Gasteiger partial charge on any atom is 0.339 e. The molecule has 5 heteroatoms. The number of alkyl halides is 1. The molecule has 4 aliphatic carbocycles. The molecule has 4 unspecified atom stereocenters. The summed E-state index contributed by atoms with van der Waals surface area (Å²) >= 11 is 0. The molecule has 1 N–H and O–H groups in total. The Hall–Kier alpha value is -1.49. The van der Waals surface area contributed by atoms with Crippen molar-refractivity contribution in [2.75, 3.05) is 0 Å². The topological polar surface area (TPSA) is 63.6 Å². The van der Waals surface area contributed by atoms with Crippen LogP contribution in [0.1, 0.15) is 66.7 Å². The third-order valence-electron chi connectivity index (χ3n) is 8.90. The first-order valence-electron chi connectivity index (χ1n) is 11.0. The number of hydrogen-bond donors (Lipinski definition) is 1. The van der Waals surface area contributed by atoms with E-state index in [0.717, 1.165) is 5.57 Å². The summed E-state index contributed by atoms with van der Waals surface area (Å²) in [6.45, 7) is 9.31. The average Bonchev–Trinajstić information content (AvgIpc) is 2.84. The summed E-state index contributed by atoms with van der Waals surface area (Å²) in [7, 11) is 0. The van der Waals surface area contributed by atoms with Crippen LogP contribution in [0.4, 0.5) is 4.39 Å². The number of halogens is 1. The summed E-state index contributed by atoms with van der Waals surface area (Å²) in [5.74, 6) is -1.29. The first-order chi connectivity index (χ1) is 13.4. The number of rotatable bonds is 2. The minimum absolute atomic E-state index is 0.0690. The molecule has 7 atom stereocenters. The zero-order chi connectivity index (χ0) is 21.4. The van der Waals surface area contributed by atoms with Gasteiger partial charge in [-0.2, -0.15) is 0 Å². The highest BCUT2D eigenvalue weighted by Gasteiger charge is 2.73. The van der Waals surface area contributed by atoms with Gasteiger partial charge in [0.15, 0.2) is 11.4 Å². The summed E-state index contributed by atoms with van der Waals surface area (Å²) in [6, 6.07) is 0. The fraction of sp³-hybridized carbons (Fsp3) is 0.750. The molecule has 3 fully saturated rings. The molecule has 160 valence electrons. The number of ketones is 1. The average molecular weight is 405 g/mol. The highest BCUT2D eigenvalue weighted by molar-refractivity contribution is 6.01. The second kappa shape index (κ2) is 6.26. The number of carbonyl (C=O) groups is 2. The van der Waals surface area contributed by atoms with E-state index < -0.39 is 28.1 Å². The van der Waals surface area contributed by atoms with Gasteiger partial charge in [0.05, 0.1) is 6.10 Å². The van der Waals surface area contributed by atoms with E-state index >= 15 is 4.39 Å². The summed E-state index contributed by atoms with van der Waals surface area (Å²) in [4.78, 5) is 24.9. The maximum absolute atomic E-state index is 16.9. The summed E-state index contributed by atoms with van der Waals surface area (Å²) < 4.78 is 22.3. The van der Waals surface area contributed by atoms with Crippen LogP contribution < -0.4 is 0 Å². The molecule has 0 aliphatic heterocycles. The van der Waals surface area contributed by atoms with Crippen LogP contribution in [0.3, 0.4) is 0 Å². The summed E-state index contributed by atoms with van der Waals surface area (Å²) in [5.41, 5.74) is -3.71. The molecule has 0 bridgehead atoms. The Balaban J connectivity index is 1.74. The normalized spacial score (nSPS) is 48.6. The third kappa shape index (κ3) is 2.46. The smallest absolute Gasteiger partial charge is 0.339 e. The van der Waals surface area contributed by atoms with Gasteiger partial charge in [-0.3, -0.25) is 4.79 Å². The van der Waals surface area contributed by atoms with E-state index in [0.29, 0.717) is 25.7 Å². The van der Waals surface area contributed by atoms with Gasteiger partial charge in [-0.25, -0.2) is 9.18 Å². The minimum Gasteiger partial charge on any atom is -0.461 e. The Morgan fingerprint density at radius 2 is 1.97 bits per heavy atom. The Labute approximate surface area is 172 Å². The van der Waals surface area contributed by atoms with Crippen LogP contribution in [0, 0.1) is 28.6 Å². The maximum atomic E-state index is 16.9. The number of aliphatic hydroxyl groups is 1. The number of allylic oxidation sites excluding steroid dienone is 4. The molecule has 0 aromatic carbocycles. The Bertz CT molecular complexity index is 816. The molecule has 29 heavy (non-hydrogen) atoms. The number of fused-ring (bicyclic) bond motifs is 5. The second-order valence-corrected chi connectivity index (χ2v) is 10.5. The van der Waals surface area contributed by atoms with Gasteiger partial charge >= 0.3 is 5.97 Å². The van der Waals surface area contributed by atoms with Crippen molar-refractivity contribution >= 4 is 11.8 Å². The van der Waals surface area contributed by atoms with E-state index in [1.807, 2.05) is 20.8 Å². The fourth-order valence-corrected chi connectivity index (χ4v) is 7.17. The largest absolute Gasteiger partial charge is 0.461 e. The molecule has 0 spiro atoms. The van der Waals surface area contributed by atoms with Crippen LogP contribution in [0.25, 0.3) is 0 Å². The predicted molar refractivity (Wildman–Crippen MR) is 108 cm³/mol. The zero-order valence-corrected chi connectivity index (χ0v) is 18.1. The standard InChI is InChI=1S/C24H33FO4/c1-14(2)29-20(27)24(28)15(3)12-19-18-7-6-16-13-17(26)8-9-21(16,4)23(18,25)11-10-22(19,24)5/h8-9,13-15,18-19,28H,6-7,10-12H2,1-5H3/t15-,18?,19?,21?,22?,23-,24+/m1/s1. The van der Waals surface area contributed by atoms with Crippen molar-refractivity contribution in [2.24, 2.45) is 28.6 Å². The molecule has 0 heterocycles.